The van der Waals surface area contributed by atoms with Gasteiger partial charge >= 0.3 is 11.9 Å². The van der Waals surface area contributed by atoms with Crippen LogP contribution >= 0.6 is 27.3 Å². The standard InChI is InChI=1S/C22H21BrF2N4O4S/c1-2-33-22(32)17-15(10-29-9-12(25)8-16(29)21(30)31)27-19(20-26-5-6-34-20)28-18(17)13-4-3-11(24)7-14(13)23/h3-7,12,16,18H,2,8-10H2,1H3,(H,27,28)(H,30,31)/t12-,16+,18+/m1/s1. The first-order valence-corrected chi connectivity index (χ1v) is 12.2. The van der Waals surface area contributed by atoms with E-state index >= 15 is 0 Å². The van der Waals surface area contributed by atoms with Crippen LogP contribution in [0, 0.1) is 5.82 Å². The monoisotopic (exact) mass is 554 g/mol. The third-order valence-electron chi connectivity index (χ3n) is 5.51. The number of nitrogens with one attached hydrogen (secondary N) is 1. The number of aromatic nitrogens is 1. The average Bonchev–Trinajstić information content (AvgIpc) is 3.43. The van der Waals surface area contributed by atoms with E-state index in [1.165, 1.54) is 34.4 Å². The molecule has 2 aromatic rings. The molecule has 3 heterocycles. The number of carbonyl (C=O) groups excluding carboxylic acids is 1. The maximum absolute atomic E-state index is 14.1. The number of carboxylic acid groups (broad SMARTS) is 1. The number of nitrogens with zero attached hydrogens (tertiary/aromatic N) is 3. The SMILES string of the molecule is CCOC(=O)C1=C(CN2C[C@H](F)C[C@H]2C(=O)O)NC(c2nccs2)=N[C@H]1c1ccc(F)cc1Br. The molecule has 0 radical (unpaired) electrons. The van der Waals surface area contributed by atoms with Gasteiger partial charge in [-0.2, -0.15) is 0 Å². The van der Waals surface area contributed by atoms with Crippen molar-refractivity contribution in [3.63, 3.8) is 0 Å². The summed E-state index contributed by atoms with van der Waals surface area (Å²) in [5.74, 6) is -1.90. The number of ether oxygens (including phenoxy) is 1. The summed E-state index contributed by atoms with van der Waals surface area (Å²) >= 11 is 4.68. The van der Waals surface area contributed by atoms with Crippen LogP contribution in [0.5, 0.6) is 0 Å². The number of aliphatic carboxylic acids is 1. The fraction of sp³-hybridized carbons (Fsp3) is 0.364. The van der Waals surface area contributed by atoms with Crippen LogP contribution in [-0.4, -0.2) is 64.7 Å². The van der Waals surface area contributed by atoms with E-state index in [-0.39, 0.29) is 31.7 Å². The second-order valence-corrected chi connectivity index (χ2v) is 9.49. The molecule has 0 aliphatic carbocycles. The van der Waals surface area contributed by atoms with Crippen molar-refractivity contribution in [2.24, 2.45) is 4.99 Å². The van der Waals surface area contributed by atoms with Crippen molar-refractivity contribution in [2.45, 2.75) is 31.6 Å². The number of esters is 1. The van der Waals surface area contributed by atoms with E-state index in [1.54, 1.807) is 18.5 Å². The molecule has 34 heavy (non-hydrogen) atoms. The fourth-order valence-electron chi connectivity index (χ4n) is 4.05. The molecule has 0 amide bonds. The molecule has 0 saturated carbocycles. The second kappa shape index (κ2) is 10.3. The first-order chi connectivity index (χ1) is 16.3. The zero-order valence-electron chi connectivity index (χ0n) is 18.0. The van der Waals surface area contributed by atoms with Gasteiger partial charge < -0.3 is 15.2 Å². The molecule has 0 spiro atoms. The quantitative estimate of drug-likeness (QED) is 0.505. The van der Waals surface area contributed by atoms with Crippen LogP contribution in [-0.2, 0) is 14.3 Å². The zero-order valence-corrected chi connectivity index (χ0v) is 20.4. The Kier molecular flexibility index (Phi) is 7.39. The van der Waals surface area contributed by atoms with Crippen molar-refractivity contribution in [1.29, 1.82) is 0 Å². The molecule has 3 atom stereocenters. The minimum absolute atomic E-state index is 0.0504. The maximum atomic E-state index is 14.1. The maximum Gasteiger partial charge on any atom is 0.338 e. The van der Waals surface area contributed by atoms with E-state index < -0.39 is 36.0 Å². The van der Waals surface area contributed by atoms with Crippen LogP contribution in [0.25, 0.3) is 0 Å². The van der Waals surface area contributed by atoms with E-state index in [9.17, 15) is 23.5 Å². The molecule has 1 aromatic carbocycles. The number of aliphatic imine (C=N–C) groups is 1. The summed E-state index contributed by atoms with van der Waals surface area (Å²) in [6.45, 7) is 1.62. The van der Waals surface area contributed by atoms with E-state index in [0.717, 1.165) is 0 Å². The highest BCUT2D eigenvalue weighted by Crippen LogP contribution is 2.37. The van der Waals surface area contributed by atoms with E-state index in [1.807, 2.05) is 0 Å². The van der Waals surface area contributed by atoms with Crippen LogP contribution in [0.4, 0.5) is 8.78 Å². The number of carboxylic acids is 1. The topological polar surface area (TPSA) is 104 Å². The highest BCUT2D eigenvalue weighted by atomic mass is 79.9. The van der Waals surface area contributed by atoms with Gasteiger partial charge in [0.2, 0.25) is 0 Å². The van der Waals surface area contributed by atoms with Gasteiger partial charge in [0, 0.05) is 41.3 Å². The fourth-order valence-corrected chi connectivity index (χ4v) is 5.20. The lowest BCUT2D eigenvalue weighted by molar-refractivity contribution is -0.142. The highest BCUT2D eigenvalue weighted by molar-refractivity contribution is 9.10. The number of benzene rings is 1. The summed E-state index contributed by atoms with van der Waals surface area (Å²) in [7, 11) is 0. The van der Waals surface area contributed by atoms with Gasteiger partial charge in [0.15, 0.2) is 10.8 Å². The third-order valence-corrected chi connectivity index (χ3v) is 6.98. The summed E-state index contributed by atoms with van der Waals surface area (Å²) in [6, 6.07) is 2.12. The highest BCUT2D eigenvalue weighted by Gasteiger charge is 2.40. The number of hydrogen-bond acceptors (Lipinski definition) is 8. The van der Waals surface area contributed by atoms with Gasteiger partial charge in [0.05, 0.1) is 12.2 Å². The number of likely N-dealkylation sites (tertiary alicyclic amines) is 1. The van der Waals surface area contributed by atoms with Crippen LogP contribution in [0.3, 0.4) is 0 Å². The molecule has 0 unspecified atom stereocenters. The number of hydrogen-bond donors (Lipinski definition) is 2. The first-order valence-electron chi connectivity index (χ1n) is 10.5. The number of carbonyl (C=O) groups is 2. The van der Waals surface area contributed by atoms with Crippen molar-refractivity contribution in [2.75, 3.05) is 19.7 Å². The molecular weight excluding hydrogens is 534 g/mol. The Labute approximate surface area is 206 Å². The molecule has 12 heteroatoms. The Morgan fingerprint density at radius 1 is 1.41 bits per heavy atom. The molecule has 1 fully saturated rings. The summed E-state index contributed by atoms with van der Waals surface area (Å²) in [4.78, 5) is 35.3. The van der Waals surface area contributed by atoms with Gasteiger partial charge in [0.1, 0.15) is 24.1 Å². The normalized spacial score (nSPS) is 22.9. The van der Waals surface area contributed by atoms with Gasteiger partial charge in [-0.1, -0.05) is 22.0 Å². The van der Waals surface area contributed by atoms with Crippen LogP contribution in [0.2, 0.25) is 0 Å². The molecule has 180 valence electrons. The van der Waals surface area contributed by atoms with Crippen molar-refractivity contribution in [3.05, 3.63) is 61.9 Å². The minimum atomic E-state index is -1.30. The lowest BCUT2D eigenvalue weighted by atomic mass is 9.95. The molecule has 4 rings (SSSR count). The first kappa shape index (κ1) is 24.4. The molecule has 8 nitrogen and oxygen atoms in total. The van der Waals surface area contributed by atoms with Gasteiger partial charge in [-0.15, -0.1) is 11.3 Å². The summed E-state index contributed by atoms with van der Waals surface area (Å²) in [5.41, 5.74) is 0.984. The lowest BCUT2D eigenvalue weighted by Gasteiger charge is -2.30. The van der Waals surface area contributed by atoms with Crippen molar-refractivity contribution >= 4 is 45.0 Å². The van der Waals surface area contributed by atoms with E-state index in [0.29, 0.717) is 26.6 Å². The number of alkyl halides is 1. The van der Waals surface area contributed by atoms with Gasteiger partial charge in [-0.25, -0.2) is 18.6 Å². The smallest absolute Gasteiger partial charge is 0.338 e. The number of thiazole rings is 1. The Hall–Kier alpha value is -2.70. The minimum Gasteiger partial charge on any atom is -0.480 e. The van der Waals surface area contributed by atoms with Gasteiger partial charge in [-0.05, 0) is 24.6 Å². The predicted molar refractivity (Wildman–Crippen MR) is 125 cm³/mol. The molecule has 2 N–H and O–H groups in total. The number of rotatable bonds is 7. The largest absolute Gasteiger partial charge is 0.480 e. The van der Waals surface area contributed by atoms with E-state index in [2.05, 4.69) is 26.2 Å². The molecule has 0 bridgehead atoms. The lowest BCUT2D eigenvalue weighted by Crippen LogP contribution is -2.43. The Bertz CT molecular complexity index is 1160. The van der Waals surface area contributed by atoms with Gasteiger partial charge in [0.25, 0.3) is 0 Å². The summed E-state index contributed by atoms with van der Waals surface area (Å²) in [6.07, 6.45) is 0.161. The molecule has 1 aromatic heterocycles. The van der Waals surface area contributed by atoms with Crippen LogP contribution in [0.15, 0.2) is 50.5 Å². The van der Waals surface area contributed by atoms with Crippen LogP contribution < -0.4 is 5.32 Å². The Morgan fingerprint density at radius 2 is 2.21 bits per heavy atom. The number of halogens is 3. The molecular formula is C22H21BrF2N4O4S. The molecule has 1 saturated heterocycles. The van der Waals surface area contributed by atoms with Crippen molar-refractivity contribution in [1.82, 2.24) is 15.2 Å². The molecule has 2 aliphatic heterocycles. The van der Waals surface area contributed by atoms with Crippen LogP contribution in [0.1, 0.15) is 30.0 Å². The predicted octanol–water partition coefficient (Wildman–Crippen LogP) is 3.45. The summed E-state index contributed by atoms with van der Waals surface area (Å²) < 4.78 is 33.6. The van der Waals surface area contributed by atoms with Gasteiger partial charge in [-0.3, -0.25) is 14.7 Å². The average molecular weight is 555 g/mol. The summed E-state index contributed by atoms with van der Waals surface area (Å²) in [5, 5.41) is 15.0. The van der Waals surface area contributed by atoms with Crippen molar-refractivity contribution in [3.8, 4) is 0 Å². The molecule has 2 aliphatic rings. The zero-order chi connectivity index (χ0) is 24.4. The van der Waals surface area contributed by atoms with Crippen molar-refractivity contribution < 1.29 is 28.2 Å². The Morgan fingerprint density at radius 3 is 2.85 bits per heavy atom. The Balaban J connectivity index is 1.84. The number of amidine groups is 1. The van der Waals surface area contributed by atoms with E-state index in [4.69, 9.17) is 9.73 Å². The second-order valence-electron chi connectivity index (χ2n) is 7.74. The third kappa shape index (κ3) is 5.03.